The SMILES string of the molecule is Cc1cn(C2CC(CO)C(OP(=O)(O)OCC3OC(n4cnc5c(=O)[nH]c(N)nc54)CC3O)O2)c(=O)[nH]c1=O. The molecule has 5 heterocycles. The van der Waals surface area contributed by atoms with E-state index in [0.29, 0.717) is 0 Å². The number of nitrogens with two attached hydrogens (primary N) is 1. The molecule has 0 aliphatic carbocycles. The molecule has 0 bridgehead atoms. The molecular formula is C20H26N7O11P. The molecule has 212 valence electrons. The topological polar surface area (TPSA) is 259 Å². The zero-order chi connectivity index (χ0) is 28.1. The van der Waals surface area contributed by atoms with Crippen LogP contribution in [0, 0.1) is 12.8 Å². The molecule has 0 saturated carbocycles. The van der Waals surface area contributed by atoms with Gasteiger partial charge in [0.15, 0.2) is 17.5 Å². The van der Waals surface area contributed by atoms with E-state index in [1.807, 2.05) is 0 Å². The zero-order valence-corrected chi connectivity index (χ0v) is 21.3. The summed E-state index contributed by atoms with van der Waals surface area (Å²) in [5.41, 5.74) is 4.11. The highest BCUT2D eigenvalue weighted by atomic mass is 31.2. The number of nitrogens with zero attached hydrogens (tertiary/aromatic N) is 4. The fraction of sp³-hybridized carbons (Fsp3) is 0.550. The maximum Gasteiger partial charge on any atom is 0.474 e. The number of ether oxygens (including phenoxy) is 2. The standard InChI is InChI=1S/C20H26N7O11P/c1-8-4-26(20(32)25-16(8)30)12-2-9(5-28)18(37-12)38-39(33,34)35-6-11-10(29)3-13(36-11)27-7-22-14-15(27)23-19(21)24-17(14)31/h4,7,9-13,18,28-29H,2-3,5-6H2,1H3,(H,33,34)(H,25,30,32)(H3,21,23,24,31). The van der Waals surface area contributed by atoms with Crippen LogP contribution in [0.3, 0.4) is 0 Å². The zero-order valence-electron chi connectivity index (χ0n) is 20.4. The lowest BCUT2D eigenvalue weighted by Crippen LogP contribution is -2.33. The third-order valence-corrected chi connectivity index (χ3v) is 7.42. The minimum absolute atomic E-state index is 0.0165. The van der Waals surface area contributed by atoms with Gasteiger partial charge in [-0.05, 0) is 6.92 Å². The Morgan fingerprint density at radius 2 is 1.92 bits per heavy atom. The Labute approximate surface area is 217 Å². The number of imidazole rings is 1. The van der Waals surface area contributed by atoms with Crippen LogP contribution in [0.15, 0.2) is 26.9 Å². The fourth-order valence-corrected chi connectivity index (χ4v) is 5.34. The molecule has 7 atom stereocenters. The Kier molecular flexibility index (Phi) is 7.29. The second-order valence-electron chi connectivity index (χ2n) is 9.19. The number of nitrogens with one attached hydrogen (secondary N) is 2. The number of aryl methyl sites for hydroxylation is 1. The molecule has 39 heavy (non-hydrogen) atoms. The second-order valence-corrected chi connectivity index (χ2v) is 10.6. The molecular weight excluding hydrogens is 545 g/mol. The van der Waals surface area contributed by atoms with Crippen molar-refractivity contribution in [2.75, 3.05) is 18.9 Å². The first kappa shape index (κ1) is 27.4. The van der Waals surface area contributed by atoms with E-state index in [1.165, 1.54) is 24.0 Å². The number of phosphoric acid groups is 1. The molecule has 3 aromatic rings. The van der Waals surface area contributed by atoms with Crippen LogP contribution in [0.4, 0.5) is 5.95 Å². The van der Waals surface area contributed by atoms with Crippen molar-refractivity contribution in [1.29, 1.82) is 0 Å². The summed E-state index contributed by atoms with van der Waals surface area (Å²) in [4.78, 5) is 58.6. The summed E-state index contributed by atoms with van der Waals surface area (Å²) in [7, 11) is -4.82. The van der Waals surface area contributed by atoms with E-state index in [1.54, 1.807) is 0 Å². The van der Waals surface area contributed by atoms with Crippen molar-refractivity contribution in [3.63, 3.8) is 0 Å². The largest absolute Gasteiger partial charge is 0.474 e. The summed E-state index contributed by atoms with van der Waals surface area (Å²) in [6.45, 7) is 0.430. The quantitative estimate of drug-likeness (QED) is 0.163. The monoisotopic (exact) mass is 571 g/mol. The molecule has 3 aromatic heterocycles. The van der Waals surface area contributed by atoms with Crippen molar-refractivity contribution in [2.24, 2.45) is 5.92 Å². The first-order valence-electron chi connectivity index (χ1n) is 11.8. The Morgan fingerprint density at radius 1 is 1.18 bits per heavy atom. The average molecular weight is 571 g/mol. The molecule has 0 spiro atoms. The van der Waals surface area contributed by atoms with Gasteiger partial charge in [-0.15, -0.1) is 0 Å². The lowest BCUT2D eigenvalue weighted by atomic mass is 10.1. The molecule has 0 radical (unpaired) electrons. The molecule has 2 fully saturated rings. The number of hydrogen-bond donors (Lipinski definition) is 6. The fourth-order valence-electron chi connectivity index (χ4n) is 4.46. The van der Waals surface area contributed by atoms with E-state index in [0.717, 1.165) is 4.57 Å². The highest BCUT2D eigenvalue weighted by Gasteiger charge is 2.43. The Hall–Kier alpha value is -3.22. The van der Waals surface area contributed by atoms with Gasteiger partial charge >= 0.3 is 13.5 Å². The van der Waals surface area contributed by atoms with Crippen LogP contribution >= 0.6 is 7.82 Å². The van der Waals surface area contributed by atoms with Crippen LogP contribution in [-0.4, -0.2) is 75.9 Å². The highest BCUT2D eigenvalue weighted by Crippen LogP contribution is 2.49. The van der Waals surface area contributed by atoms with E-state index in [9.17, 15) is 34.1 Å². The number of phosphoric ester groups is 1. The number of hydrogen-bond acceptors (Lipinski definition) is 13. The summed E-state index contributed by atoms with van der Waals surface area (Å²) >= 11 is 0. The molecule has 7 N–H and O–H groups in total. The van der Waals surface area contributed by atoms with Gasteiger partial charge in [-0.2, -0.15) is 4.98 Å². The lowest BCUT2D eigenvalue weighted by Gasteiger charge is -2.22. The van der Waals surface area contributed by atoms with Crippen LogP contribution in [0.2, 0.25) is 0 Å². The number of rotatable bonds is 8. The van der Waals surface area contributed by atoms with Gasteiger partial charge in [0.1, 0.15) is 18.6 Å². The number of aromatic amines is 2. The van der Waals surface area contributed by atoms with Gasteiger partial charge in [0.2, 0.25) is 5.95 Å². The predicted molar refractivity (Wildman–Crippen MR) is 129 cm³/mol. The lowest BCUT2D eigenvalue weighted by molar-refractivity contribution is -0.130. The number of aromatic nitrogens is 6. The van der Waals surface area contributed by atoms with Crippen molar-refractivity contribution < 1.29 is 38.2 Å². The first-order chi connectivity index (χ1) is 18.5. The first-order valence-corrected chi connectivity index (χ1v) is 13.2. The van der Waals surface area contributed by atoms with Crippen LogP contribution in [0.1, 0.15) is 30.9 Å². The van der Waals surface area contributed by atoms with E-state index < -0.39 is 74.7 Å². The van der Waals surface area contributed by atoms with Gasteiger partial charge in [-0.25, -0.2) is 14.3 Å². The number of aliphatic hydroxyl groups excluding tert-OH is 2. The van der Waals surface area contributed by atoms with E-state index in [2.05, 4.69) is 19.9 Å². The summed E-state index contributed by atoms with van der Waals surface area (Å²) in [6, 6.07) is 0. The number of aliphatic hydroxyl groups is 2. The number of H-pyrrole nitrogens is 2. The Balaban J connectivity index is 1.23. The number of nitrogen functional groups attached to an aromatic ring is 1. The third kappa shape index (κ3) is 5.45. The molecule has 0 aromatic carbocycles. The predicted octanol–water partition coefficient (Wildman–Crippen LogP) is -1.80. The maximum absolute atomic E-state index is 12.7. The summed E-state index contributed by atoms with van der Waals surface area (Å²) in [5.74, 6) is -0.933. The minimum atomic E-state index is -4.82. The normalized spacial score (nSPS) is 28.7. The second kappa shape index (κ2) is 10.4. The van der Waals surface area contributed by atoms with Gasteiger partial charge in [0.05, 0.1) is 25.6 Å². The van der Waals surface area contributed by atoms with Crippen molar-refractivity contribution >= 4 is 24.9 Å². The molecule has 2 aliphatic rings. The maximum atomic E-state index is 12.7. The summed E-state index contributed by atoms with van der Waals surface area (Å²) in [6.07, 6.45) is -2.80. The van der Waals surface area contributed by atoms with Crippen LogP contribution in [0.25, 0.3) is 11.2 Å². The molecule has 18 nitrogen and oxygen atoms in total. The molecule has 5 rings (SSSR count). The van der Waals surface area contributed by atoms with Gasteiger partial charge in [-0.1, -0.05) is 0 Å². The molecule has 2 saturated heterocycles. The van der Waals surface area contributed by atoms with Crippen molar-refractivity contribution in [2.45, 2.75) is 50.7 Å². The smallest absolute Gasteiger partial charge is 0.396 e. The summed E-state index contributed by atoms with van der Waals surface area (Å²) < 4.78 is 36.7. The molecule has 0 amide bonds. The average Bonchev–Trinajstić information content (AvgIpc) is 3.56. The van der Waals surface area contributed by atoms with Crippen LogP contribution in [0.5, 0.6) is 0 Å². The van der Waals surface area contributed by atoms with Crippen molar-refractivity contribution in [3.8, 4) is 0 Å². The van der Waals surface area contributed by atoms with Crippen molar-refractivity contribution in [3.05, 3.63) is 49.3 Å². The summed E-state index contributed by atoms with van der Waals surface area (Å²) in [5, 5.41) is 20.2. The number of fused-ring (bicyclic) bond motifs is 1. The van der Waals surface area contributed by atoms with Gasteiger partial charge in [0.25, 0.3) is 11.1 Å². The van der Waals surface area contributed by atoms with E-state index >= 15 is 0 Å². The molecule has 2 aliphatic heterocycles. The van der Waals surface area contributed by atoms with Crippen LogP contribution < -0.4 is 22.5 Å². The van der Waals surface area contributed by atoms with Crippen LogP contribution in [-0.2, 0) is 23.1 Å². The number of anilines is 1. The van der Waals surface area contributed by atoms with E-state index in [4.69, 9.17) is 24.3 Å². The third-order valence-electron chi connectivity index (χ3n) is 6.48. The van der Waals surface area contributed by atoms with Gasteiger partial charge < -0.3 is 30.3 Å². The Bertz CT molecular complexity index is 1600. The highest BCUT2D eigenvalue weighted by molar-refractivity contribution is 7.47. The van der Waals surface area contributed by atoms with Gasteiger partial charge in [0, 0.05) is 30.5 Å². The van der Waals surface area contributed by atoms with E-state index in [-0.39, 0.29) is 35.5 Å². The molecule has 7 unspecified atom stereocenters. The van der Waals surface area contributed by atoms with Crippen molar-refractivity contribution in [1.82, 2.24) is 29.1 Å². The minimum Gasteiger partial charge on any atom is -0.396 e. The molecule has 19 heteroatoms. The van der Waals surface area contributed by atoms with Gasteiger partial charge in [-0.3, -0.25) is 37.7 Å². The Morgan fingerprint density at radius 3 is 2.67 bits per heavy atom.